The number of nitrogens with zero attached hydrogens (tertiary/aromatic N) is 1. The van der Waals surface area contributed by atoms with E-state index in [0.29, 0.717) is 17.4 Å². The summed E-state index contributed by atoms with van der Waals surface area (Å²) in [5.41, 5.74) is 2.04. The molecule has 0 spiro atoms. The number of amides is 1. The van der Waals surface area contributed by atoms with Crippen LogP contribution in [-0.4, -0.2) is 16.6 Å². The summed E-state index contributed by atoms with van der Waals surface area (Å²) in [6, 6.07) is 0. The van der Waals surface area contributed by atoms with Crippen LogP contribution in [0.2, 0.25) is 0 Å². The van der Waals surface area contributed by atoms with Crippen LogP contribution in [0.5, 0.6) is 0 Å². The van der Waals surface area contributed by atoms with Gasteiger partial charge >= 0.3 is 0 Å². The molecule has 0 atom stereocenters. The molecule has 1 rings (SSSR count). The highest BCUT2D eigenvalue weighted by Gasteiger charge is 2.01. The molecule has 6 heteroatoms. The quantitative estimate of drug-likeness (QED) is 0.303. The van der Waals surface area contributed by atoms with Gasteiger partial charge in [-0.2, -0.15) is 0 Å². The number of hydrazine groups is 1. The molecule has 0 fully saturated rings. The van der Waals surface area contributed by atoms with Gasteiger partial charge in [0.05, 0.1) is 6.20 Å². The summed E-state index contributed by atoms with van der Waals surface area (Å²) in [7, 11) is 0. The van der Waals surface area contributed by atoms with Crippen molar-refractivity contribution in [3.8, 4) is 0 Å². The first-order chi connectivity index (χ1) is 5.83. The van der Waals surface area contributed by atoms with E-state index < -0.39 is 0 Å². The molecule has 0 aliphatic heterocycles. The third kappa shape index (κ3) is 2.93. The zero-order chi connectivity index (χ0) is 8.81. The summed E-state index contributed by atoms with van der Waals surface area (Å²) in [5.74, 6) is 5.31. The van der Waals surface area contributed by atoms with Crippen LogP contribution < -0.4 is 11.3 Å². The molecule has 0 radical (unpaired) electrons. The van der Waals surface area contributed by atoms with Crippen molar-refractivity contribution in [3.05, 3.63) is 12.5 Å². The zero-order valence-electron chi connectivity index (χ0n) is 6.32. The Balaban J connectivity index is 2.15. The van der Waals surface area contributed by atoms with E-state index in [9.17, 15) is 4.79 Å². The zero-order valence-corrected chi connectivity index (χ0v) is 7.13. The van der Waals surface area contributed by atoms with Crippen molar-refractivity contribution in [3.63, 3.8) is 0 Å². The van der Waals surface area contributed by atoms with Crippen LogP contribution in [0.1, 0.15) is 6.42 Å². The third-order valence-corrected chi connectivity index (χ3v) is 1.98. The van der Waals surface area contributed by atoms with E-state index in [4.69, 9.17) is 10.3 Å². The molecule has 0 bridgehead atoms. The Labute approximate surface area is 73.7 Å². The van der Waals surface area contributed by atoms with E-state index >= 15 is 0 Å². The fourth-order valence-corrected chi connectivity index (χ4v) is 1.31. The highest BCUT2D eigenvalue weighted by Crippen LogP contribution is 2.14. The summed E-state index contributed by atoms with van der Waals surface area (Å²) in [6.07, 6.45) is 3.42. The van der Waals surface area contributed by atoms with Crippen LogP contribution in [-0.2, 0) is 4.79 Å². The number of hydrogen-bond acceptors (Lipinski definition) is 5. The molecule has 66 valence electrons. The second-order valence-electron chi connectivity index (χ2n) is 1.96. The first-order valence-electron chi connectivity index (χ1n) is 3.34. The summed E-state index contributed by atoms with van der Waals surface area (Å²) >= 11 is 1.38. The smallest absolute Gasteiger partial charge is 0.255 e. The summed E-state index contributed by atoms with van der Waals surface area (Å²) < 4.78 is 4.94. The molecule has 0 aliphatic rings. The molecular weight excluding hydrogens is 178 g/mol. The van der Waals surface area contributed by atoms with Gasteiger partial charge in [-0.15, -0.1) is 0 Å². The lowest BCUT2D eigenvalue weighted by Gasteiger charge is -1.95. The maximum absolute atomic E-state index is 10.6. The molecule has 0 aliphatic carbocycles. The molecule has 0 unspecified atom stereocenters. The van der Waals surface area contributed by atoms with Gasteiger partial charge in [-0.05, 0) is 0 Å². The van der Waals surface area contributed by atoms with Crippen molar-refractivity contribution in [2.24, 2.45) is 5.84 Å². The largest absolute Gasteiger partial charge is 0.440 e. The number of oxazole rings is 1. The van der Waals surface area contributed by atoms with Gasteiger partial charge in [-0.25, -0.2) is 10.8 Å². The molecular formula is C6H9N3O2S. The van der Waals surface area contributed by atoms with E-state index in [1.165, 1.54) is 18.0 Å². The monoisotopic (exact) mass is 187 g/mol. The lowest BCUT2D eigenvalue weighted by Crippen LogP contribution is -2.30. The number of aromatic nitrogens is 1. The summed E-state index contributed by atoms with van der Waals surface area (Å²) in [4.78, 5) is 14.5. The minimum atomic E-state index is -0.186. The second kappa shape index (κ2) is 4.78. The number of nitrogens with two attached hydrogens (primary N) is 1. The Hall–Kier alpha value is -1.01. The van der Waals surface area contributed by atoms with E-state index in [-0.39, 0.29) is 5.91 Å². The molecule has 1 amide bonds. The Bertz CT molecular complexity index is 237. The van der Waals surface area contributed by atoms with E-state index in [2.05, 4.69) is 4.98 Å². The number of nitrogens with one attached hydrogen (secondary N) is 1. The predicted octanol–water partition coefficient (Wildman–Crippen LogP) is 0.147. The lowest BCUT2D eigenvalue weighted by atomic mass is 10.5. The highest BCUT2D eigenvalue weighted by molar-refractivity contribution is 7.99. The standard InChI is InChI=1S/C6H9N3O2S/c7-9-5(10)1-4-12-6-8-2-3-11-6/h2-3H,1,4,7H2,(H,9,10). The fraction of sp³-hybridized carbons (Fsp3) is 0.333. The van der Waals surface area contributed by atoms with Crippen LogP contribution >= 0.6 is 11.8 Å². The molecule has 3 N–H and O–H groups in total. The average Bonchev–Trinajstić information content (AvgIpc) is 2.57. The Morgan fingerprint density at radius 2 is 2.67 bits per heavy atom. The minimum absolute atomic E-state index is 0.186. The molecule has 12 heavy (non-hydrogen) atoms. The number of rotatable bonds is 4. The van der Waals surface area contributed by atoms with E-state index in [0.717, 1.165) is 0 Å². The number of carbonyl (C=O) groups excluding carboxylic acids is 1. The van der Waals surface area contributed by atoms with Gasteiger partial charge in [0.25, 0.3) is 5.22 Å². The number of carbonyl (C=O) groups is 1. The highest BCUT2D eigenvalue weighted by atomic mass is 32.2. The van der Waals surface area contributed by atoms with E-state index in [1.54, 1.807) is 6.20 Å². The number of thioether (sulfide) groups is 1. The topological polar surface area (TPSA) is 81.1 Å². The van der Waals surface area contributed by atoms with Crippen LogP contribution in [0.3, 0.4) is 0 Å². The van der Waals surface area contributed by atoms with Gasteiger partial charge in [0, 0.05) is 12.2 Å². The maximum Gasteiger partial charge on any atom is 0.255 e. The predicted molar refractivity (Wildman–Crippen MR) is 44.2 cm³/mol. The van der Waals surface area contributed by atoms with Gasteiger partial charge in [-0.3, -0.25) is 10.2 Å². The molecule has 0 aromatic carbocycles. The molecule has 5 nitrogen and oxygen atoms in total. The van der Waals surface area contributed by atoms with Crippen molar-refractivity contribution in [2.45, 2.75) is 11.6 Å². The van der Waals surface area contributed by atoms with Crippen molar-refractivity contribution >= 4 is 17.7 Å². The van der Waals surface area contributed by atoms with Gasteiger partial charge < -0.3 is 4.42 Å². The molecule has 1 aromatic heterocycles. The second-order valence-corrected chi connectivity index (χ2v) is 3.01. The maximum atomic E-state index is 10.6. The SMILES string of the molecule is NNC(=O)CCSc1ncco1. The van der Waals surface area contributed by atoms with Crippen LogP contribution in [0.25, 0.3) is 0 Å². The molecule has 0 saturated carbocycles. The fourth-order valence-electron chi connectivity index (χ4n) is 0.585. The normalized spacial score (nSPS) is 9.75. The van der Waals surface area contributed by atoms with Gasteiger partial charge in [0.1, 0.15) is 6.26 Å². The van der Waals surface area contributed by atoms with Crippen molar-refractivity contribution in [1.82, 2.24) is 10.4 Å². The van der Waals surface area contributed by atoms with Crippen molar-refractivity contribution in [2.75, 3.05) is 5.75 Å². The summed E-state index contributed by atoms with van der Waals surface area (Å²) in [6.45, 7) is 0. The Morgan fingerprint density at radius 1 is 1.83 bits per heavy atom. The van der Waals surface area contributed by atoms with Gasteiger partial charge in [0.2, 0.25) is 5.91 Å². The minimum Gasteiger partial charge on any atom is -0.440 e. The molecule has 1 aromatic rings. The van der Waals surface area contributed by atoms with Crippen LogP contribution in [0, 0.1) is 0 Å². The van der Waals surface area contributed by atoms with E-state index in [1.807, 2.05) is 5.43 Å². The lowest BCUT2D eigenvalue weighted by molar-refractivity contribution is -0.120. The average molecular weight is 187 g/mol. The third-order valence-electron chi connectivity index (χ3n) is 1.13. The van der Waals surface area contributed by atoms with Crippen molar-refractivity contribution < 1.29 is 9.21 Å². The number of hydrogen-bond donors (Lipinski definition) is 2. The Morgan fingerprint density at radius 3 is 3.25 bits per heavy atom. The first-order valence-corrected chi connectivity index (χ1v) is 4.33. The molecule has 1 heterocycles. The van der Waals surface area contributed by atoms with Crippen LogP contribution in [0.15, 0.2) is 22.1 Å². The van der Waals surface area contributed by atoms with Gasteiger partial charge in [-0.1, -0.05) is 11.8 Å². The summed E-state index contributed by atoms with van der Waals surface area (Å²) in [5, 5.41) is 0.569. The van der Waals surface area contributed by atoms with Crippen molar-refractivity contribution in [1.29, 1.82) is 0 Å². The Kier molecular flexibility index (Phi) is 3.62. The van der Waals surface area contributed by atoms with Crippen LogP contribution in [0.4, 0.5) is 0 Å². The first kappa shape index (κ1) is 9.08. The molecule has 0 saturated heterocycles. The van der Waals surface area contributed by atoms with Gasteiger partial charge in [0.15, 0.2) is 0 Å².